The summed E-state index contributed by atoms with van der Waals surface area (Å²) < 4.78 is 0. The van der Waals surface area contributed by atoms with Gasteiger partial charge in [-0.1, -0.05) is 13.8 Å². The predicted molar refractivity (Wildman–Crippen MR) is 80.3 cm³/mol. The van der Waals surface area contributed by atoms with E-state index in [1.165, 1.54) is 0 Å². The van der Waals surface area contributed by atoms with E-state index in [2.05, 4.69) is 10.6 Å². The number of hydrogen-bond donors (Lipinski definition) is 2. The smallest absolute Gasteiger partial charge is 0.226 e. The van der Waals surface area contributed by atoms with Gasteiger partial charge in [-0.25, -0.2) is 0 Å². The normalized spacial score (nSPS) is 20.6. The molecule has 1 rings (SSSR count). The van der Waals surface area contributed by atoms with Crippen molar-refractivity contribution in [3.8, 4) is 0 Å². The molecule has 0 aliphatic carbocycles. The number of piperidine rings is 1. The third-order valence-electron chi connectivity index (χ3n) is 3.83. The van der Waals surface area contributed by atoms with Crippen LogP contribution in [0.3, 0.4) is 0 Å². The number of hydrogen-bond acceptors (Lipinski definition) is 3. The van der Waals surface area contributed by atoms with Crippen LogP contribution in [0.25, 0.3) is 0 Å². The molecule has 5 nitrogen and oxygen atoms in total. The Morgan fingerprint density at radius 1 is 1.40 bits per heavy atom. The summed E-state index contributed by atoms with van der Waals surface area (Å²) in [5, 5.41) is 6.03. The lowest BCUT2D eigenvalue weighted by atomic mass is 9.96. The quantitative estimate of drug-likeness (QED) is 0.732. The number of carbonyl (C=O) groups is 2. The molecule has 0 aromatic carbocycles. The second-order valence-corrected chi connectivity index (χ2v) is 5.81. The summed E-state index contributed by atoms with van der Waals surface area (Å²) in [4.78, 5) is 25.7. The largest absolute Gasteiger partial charge is 0.356 e. The van der Waals surface area contributed by atoms with Crippen LogP contribution in [0.15, 0.2) is 0 Å². The molecule has 20 heavy (non-hydrogen) atoms. The molecular formula is C15H29N3O2. The molecule has 2 unspecified atom stereocenters. The van der Waals surface area contributed by atoms with Crippen molar-refractivity contribution < 1.29 is 9.59 Å². The first-order valence-electron chi connectivity index (χ1n) is 7.78. The van der Waals surface area contributed by atoms with Gasteiger partial charge in [0.2, 0.25) is 11.8 Å². The second kappa shape index (κ2) is 8.95. The Morgan fingerprint density at radius 3 is 2.80 bits per heavy atom. The highest BCUT2D eigenvalue weighted by Crippen LogP contribution is 2.17. The number of likely N-dealkylation sites (tertiary alicyclic amines) is 1. The Hall–Kier alpha value is -1.10. The first-order valence-corrected chi connectivity index (χ1v) is 7.78. The van der Waals surface area contributed by atoms with Crippen LogP contribution in [0.2, 0.25) is 0 Å². The Morgan fingerprint density at radius 2 is 2.15 bits per heavy atom. The minimum Gasteiger partial charge on any atom is -0.356 e. The molecule has 0 saturated carbocycles. The fraction of sp³-hybridized carbons (Fsp3) is 0.867. The predicted octanol–water partition coefficient (Wildman–Crippen LogP) is 0.997. The summed E-state index contributed by atoms with van der Waals surface area (Å²) in [6, 6.07) is 0. The summed E-state index contributed by atoms with van der Waals surface area (Å²) in [7, 11) is 1.87. The maximum atomic E-state index is 12.3. The van der Waals surface area contributed by atoms with Crippen LogP contribution in [-0.2, 0) is 9.59 Å². The molecule has 0 bridgehead atoms. The molecule has 1 aliphatic rings. The zero-order valence-electron chi connectivity index (χ0n) is 13.1. The van der Waals surface area contributed by atoms with Gasteiger partial charge in [-0.2, -0.15) is 0 Å². The Balaban J connectivity index is 2.38. The monoisotopic (exact) mass is 283 g/mol. The first kappa shape index (κ1) is 17.0. The standard InChI is InChI=1S/C15H29N3O2/c1-4-6-14(19)17-10-13-7-5-8-18(11-13)15(20)12(2)9-16-3/h12-13,16H,4-11H2,1-3H3,(H,17,19). The van der Waals surface area contributed by atoms with Crippen LogP contribution in [-0.4, -0.2) is 49.9 Å². The van der Waals surface area contributed by atoms with E-state index in [-0.39, 0.29) is 17.7 Å². The van der Waals surface area contributed by atoms with Crippen molar-refractivity contribution in [3.63, 3.8) is 0 Å². The van der Waals surface area contributed by atoms with Gasteiger partial charge in [0, 0.05) is 38.5 Å². The van der Waals surface area contributed by atoms with Crippen LogP contribution in [0.1, 0.15) is 39.5 Å². The third-order valence-corrected chi connectivity index (χ3v) is 3.83. The van der Waals surface area contributed by atoms with Crippen molar-refractivity contribution in [1.82, 2.24) is 15.5 Å². The number of amides is 2. The highest BCUT2D eigenvalue weighted by Gasteiger charge is 2.26. The van der Waals surface area contributed by atoms with Crippen LogP contribution in [0, 0.1) is 11.8 Å². The number of nitrogens with one attached hydrogen (secondary N) is 2. The van der Waals surface area contributed by atoms with E-state index in [9.17, 15) is 9.59 Å². The van der Waals surface area contributed by atoms with Crippen LogP contribution in [0.5, 0.6) is 0 Å². The fourth-order valence-corrected chi connectivity index (χ4v) is 2.71. The molecular weight excluding hydrogens is 254 g/mol. The summed E-state index contributed by atoms with van der Waals surface area (Å²) in [5.74, 6) is 0.771. The Labute approximate surface area is 122 Å². The lowest BCUT2D eigenvalue weighted by Gasteiger charge is -2.34. The van der Waals surface area contributed by atoms with E-state index >= 15 is 0 Å². The zero-order valence-corrected chi connectivity index (χ0v) is 13.1. The van der Waals surface area contributed by atoms with Gasteiger partial charge < -0.3 is 15.5 Å². The van der Waals surface area contributed by atoms with Gasteiger partial charge in [0.05, 0.1) is 0 Å². The number of nitrogens with zero attached hydrogens (tertiary/aromatic N) is 1. The molecule has 2 atom stereocenters. The highest BCUT2D eigenvalue weighted by atomic mass is 16.2. The van der Waals surface area contributed by atoms with Crippen molar-refractivity contribution in [1.29, 1.82) is 0 Å². The molecule has 2 amide bonds. The molecule has 5 heteroatoms. The van der Waals surface area contributed by atoms with Gasteiger partial charge in [0.1, 0.15) is 0 Å². The van der Waals surface area contributed by atoms with Gasteiger partial charge in [-0.15, -0.1) is 0 Å². The van der Waals surface area contributed by atoms with Gasteiger partial charge in [-0.05, 0) is 32.2 Å². The zero-order chi connectivity index (χ0) is 15.0. The molecule has 0 spiro atoms. The maximum Gasteiger partial charge on any atom is 0.226 e. The molecule has 0 aromatic rings. The van der Waals surface area contributed by atoms with Gasteiger partial charge in [0.15, 0.2) is 0 Å². The van der Waals surface area contributed by atoms with Crippen molar-refractivity contribution in [3.05, 3.63) is 0 Å². The minimum atomic E-state index is 0.0217. The van der Waals surface area contributed by atoms with E-state index in [1.807, 2.05) is 25.8 Å². The van der Waals surface area contributed by atoms with Crippen molar-refractivity contribution in [2.45, 2.75) is 39.5 Å². The average Bonchev–Trinajstić information content (AvgIpc) is 2.45. The molecule has 1 heterocycles. The molecule has 1 fully saturated rings. The topological polar surface area (TPSA) is 61.4 Å². The lowest BCUT2D eigenvalue weighted by Crippen LogP contribution is -2.46. The van der Waals surface area contributed by atoms with E-state index in [4.69, 9.17) is 0 Å². The maximum absolute atomic E-state index is 12.3. The average molecular weight is 283 g/mol. The molecule has 0 aromatic heterocycles. The van der Waals surface area contributed by atoms with Crippen LogP contribution >= 0.6 is 0 Å². The van der Waals surface area contributed by atoms with Gasteiger partial charge >= 0.3 is 0 Å². The molecule has 1 saturated heterocycles. The SMILES string of the molecule is CCCC(=O)NCC1CCCN(C(=O)C(C)CNC)C1. The number of carbonyl (C=O) groups excluding carboxylic acids is 2. The van der Waals surface area contributed by atoms with Crippen LogP contribution < -0.4 is 10.6 Å². The fourth-order valence-electron chi connectivity index (χ4n) is 2.71. The summed E-state index contributed by atoms with van der Waals surface area (Å²) in [5.41, 5.74) is 0. The lowest BCUT2D eigenvalue weighted by molar-refractivity contribution is -0.136. The summed E-state index contributed by atoms with van der Waals surface area (Å²) in [6.45, 7) is 7.01. The molecule has 116 valence electrons. The van der Waals surface area contributed by atoms with Crippen molar-refractivity contribution in [2.75, 3.05) is 33.2 Å². The van der Waals surface area contributed by atoms with E-state index < -0.39 is 0 Å². The van der Waals surface area contributed by atoms with Gasteiger partial charge in [0.25, 0.3) is 0 Å². The van der Waals surface area contributed by atoms with Crippen LogP contribution in [0.4, 0.5) is 0 Å². The van der Waals surface area contributed by atoms with Crippen molar-refractivity contribution >= 4 is 11.8 Å². The molecule has 0 radical (unpaired) electrons. The Kier molecular flexibility index (Phi) is 7.59. The van der Waals surface area contributed by atoms with E-state index in [0.29, 0.717) is 25.4 Å². The molecule has 1 aliphatic heterocycles. The Bertz CT molecular complexity index is 320. The third kappa shape index (κ3) is 5.49. The summed E-state index contributed by atoms with van der Waals surface area (Å²) >= 11 is 0. The second-order valence-electron chi connectivity index (χ2n) is 5.81. The van der Waals surface area contributed by atoms with E-state index in [0.717, 1.165) is 32.4 Å². The molecule has 2 N–H and O–H groups in total. The van der Waals surface area contributed by atoms with E-state index in [1.54, 1.807) is 0 Å². The van der Waals surface area contributed by atoms with Gasteiger partial charge in [-0.3, -0.25) is 9.59 Å². The van der Waals surface area contributed by atoms with Crippen molar-refractivity contribution in [2.24, 2.45) is 11.8 Å². The first-order chi connectivity index (χ1) is 9.58. The number of rotatable bonds is 7. The minimum absolute atomic E-state index is 0.0217. The summed E-state index contributed by atoms with van der Waals surface area (Å²) in [6.07, 6.45) is 3.60. The highest BCUT2D eigenvalue weighted by molar-refractivity contribution is 5.79.